The van der Waals surface area contributed by atoms with Crippen LogP contribution in [0, 0.1) is 5.92 Å². The van der Waals surface area contributed by atoms with Gasteiger partial charge >= 0.3 is 5.97 Å². The molecule has 0 amide bonds. The van der Waals surface area contributed by atoms with E-state index in [1.54, 1.807) is 6.07 Å². The van der Waals surface area contributed by atoms with Gasteiger partial charge in [0, 0.05) is 15.0 Å². The van der Waals surface area contributed by atoms with Gasteiger partial charge < -0.3 is 10.1 Å². The number of nitrogens with one attached hydrogen (secondary N) is 1. The van der Waals surface area contributed by atoms with E-state index in [0.29, 0.717) is 17.5 Å². The normalized spacial score (nSPS) is 13.6. The highest BCUT2D eigenvalue weighted by molar-refractivity contribution is 9.11. The lowest BCUT2D eigenvalue weighted by Gasteiger charge is -2.23. The molecule has 0 aliphatic heterocycles. The Morgan fingerprint density at radius 1 is 1.29 bits per heavy atom. The average Bonchev–Trinajstić information content (AvgIpc) is 2.47. The zero-order valence-electron chi connectivity index (χ0n) is 13.0. The first-order chi connectivity index (χ1) is 9.92. The maximum absolute atomic E-state index is 12.0. The molecule has 1 N–H and O–H groups in total. The van der Waals surface area contributed by atoms with Crippen LogP contribution in [0.3, 0.4) is 0 Å². The number of esters is 1. The fourth-order valence-electron chi connectivity index (χ4n) is 2.18. The molecule has 5 heteroatoms. The fraction of sp³-hybridized carbons (Fsp3) is 0.562. The van der Waals surface area contributed by atoms with Crippen molar-refractivity contribution in [2.24, 2.45) is 5.92 Å². The number of rotatable bonds is 7. The molecule has 0 fully saturated rings. The second-order valence-electron chi connectivity index (χ2n) is 5.30. The molecule has 2 unspecified atom stereocenters. The van der Waals surface area contributed by atoms with Crippen LogP contribution in [0.4, 0.5) is 5.69 Å². The monoisotopic (exact) mass is 419 g/mol. The van der Waals surface area contributed by atoms with Gasteiger partial charge in [0.2, 0.25) is 0 Å². The van der Waals surface area contributed by atoms with Crippen molar-refractivity contribution in [3.05, 3.63) is 26.6 Å². The summed E-state index contributed by atoms with van der Waals surface area (Å²) in [6.07, 6.45) is 3.24. The van der Waals surface area contributed by atoms with E-state index in [9.17, 15) is 4.79 Å². The highest BCUT2D eigenvalue weighted by atomic mass is 79.9. The van der Waals surface area contributed by atoms with E-state index in [4.69, 9.17) is 4.74 Å². The highest BCUT2D eigenvalue weighted by Crippen LogP contribution is 2.33. The van der Waals surface area contributed by atoms with Crippen molar-refractivity contribution in [2.75, 3.05) is 12.4 Å². The first kappa shape index (κ1) is 18.5. The van der Waals surface area contributed by atoms with Crippen molar-refractivity contribution in [3.63, 3.8) is 0 Å². The summed E-state index contributed by atoms with van der Waals surface area (Å²) in [5.74, 6) is 0.316. The van der Waals surface area contributed by atoms with Crippen LogP contribution in [0.5, 0.6) is 0 Å². The zero-order chi connectivity index (χ0) is 16.0. The second-order valence-corrected chi connectivity index (χ2v) is 7.07. The quantitative estimate of drug-likeness (QED) is 0.581. The smallest absolute Gasteiger partial charge is 0.340 e. The third-order valence-electron chi connectivity index (χ3n) is 3.69. The van der Waals surface area contributed by atoms with E-state index < -0.39 is 0 Å². The summed E-state index contributed by atoms with van der Waals surface area (Å²) in [5, 5.41) is 3.50. The topological polar surface area (TPSA) is 38.3 Å². The molecule has 2 atom stereocenters. The van der Waals surface area contributed by atoms with E-state index in [2.05, 4.69) is 57.9 Å². The van der Waals surface area contributed by atoms with E-state index in [-0.39, 0.29) is 5.97 Å². The number of hydrogen-bond donors (Lipinski definition) is 1. The largest absolute Gasteiger partial charge is 0.465 e. The first-order valence-corrected chi connectivity index (χ1v) is 8.85. The van der Waals surface area contributed by atoms with Crippen LogP contribution in [0.15, 0.2) is 21.1 Å². The lowest BCUT2D eigenvalue weighted by Crippen LogP contribution is -2.23. The van der Waals surface area contributed by atoms with E-state index >= 15 is 0 Å². The molecule has 3 nitrogen and oxygen atoms in total. The summed E-state index contributed by atoms with van der Waals surface area (Å²) < 4.78 is 6.59. The molecule has 1 aromatic carbocycles. The van der Waals surface area contributed by atoms with Crippen molar-refractivity contribution in [1.29, 1.82) is 0 Å². The minimum Gasteiger partial charge on any atom is -0.465 e. The molecule has 1 rings (SSSR count). The summed E-state index contributed by atoms with van der Waals surface area (Å²) >= 11 is 6.95. The standard InChI is InChI=1S/C16H23Br2NO2/c1-5-10(3)7-12(6-2)19-15-13(16(20)21-4)8-11(17)9-14(15)18/h8-10,12,19H,5-7H2,1-4H3. The SMILES string of the molecule is CCC(C)CC(CC)Nc1c(Br)cc(Br)cc1C(=O)OC. The summed E-state index contributed by atoms with van der Waals surface area (Å²) in [7, 11) is 1.40. The van der Waals surface area contributed by atoms with Gasteiger partial charge in [0.25, 0.3) is 0 Å². The summed E-state index contributed by atoms with van der Waals surface area (Å²) in [5.41, 5.74) is 1.35. The van der Waals surface area contributed by atoms with E-state index in [1.807, 2.05) is 6.07 Å². The van der Waals surface area contributed by atoms with Crippen molar-refractivity contribution < 1.29 is 9.53 Å². The third-order valence-corrected chi connectivity index (χ3v) is 4.77. The Balaban J connectivity index is 3.07. The molecule has 0 bridgehead atoms. The van der Waals surface area contributed by atoms with Crippen molar-refractivity contribution in [2.45, 2.75) is 46.1 Å². The molecule has 118 valence electrons. The Hall–Kier alpha value is -0.550. The van der Waals surface area contributed by atoms with Gasteiger partial charge in [-0.1, -0.05) is 43.1 Å². The maximum Gasteiger partial charge on any atom is 0.340 e. The zero-order valence-corrected chi connectivity index (χ0v) is 16.2. The average molecular weight is 421 g/mol. The Kier molecular flexibility index (Phi) is 7.74. The van der Waals surface area contributed by atoms with Crippen molar-refractivity contribution in [1.82, 2.24) is 0 Å². The van der Waals surface area contributed by atoms with Gasteiger partial charge in [0.1, 0.15) is 0 Å². The maximum atomic E-state index is 12.0. The number of carbonyl (C=O) groups excluding carboxylic acids is 1. The van der Waals surface area contributed by atoms with Crippen LogP contribution in [0.2, 0.25) is 0 Å². The molecule has 21 heavy (non-hydrogen) atoms. The van der Waals surface area contributed by atoms with E-state index in [1.165, 1.54) is 7.11 Å². The lowest BCUT2D eigenvalue weighted by molar-refractivity contribution is 0.0601. The number of methoxy groups -OCH3 is 1. The minimum atomic E-state index is -0.335. The summed E-state index contributed by atoms with van der Waals surface area (Å²) in [4.78, 5) is 12.0. The number of ether oxygens (including phenoxy) is 1. The Labute approximate surface area is 144 Å². The predicted molar refractivity (Wildman–Crippen MR) is 95.0 cm³/mol. The fourth-order valence-corrected chi connectivity index (χ4v) is 3.52. The molecular formula is C16H23Br2NO2. The molecule has 0 aliphatic carbocycles. The molecule has 0 saturated carbocycles. The van der Waals surface area contributed by atoms with Crippen LogP contribution >= 0.6 is 31.9 Å². The molecule has 1 aromatic rings. The van der Waals surface area contributed by atoms with Gasteiger partial charge in [0.05, 0.1) is 18.4 Å². The van der Waals surface area contributed by atoms with Gasteiger partial charge in [-0.05, 0) is 46.8 Å². The second kappa shape index (κ2) is 8.79. The molecule has 0 heterocycles. The summed E-state index contributed by atoms with van der Waals surface area (Å²) in [6, 6.07) is 4.06. The third kappa shape index (κ3) is 5.29. The van der Waals surface area contributed by atoms with Gasteiger partial charge in [-0.3, -0.25) is 0 Å². The van der Waals surface area contributed by atoms with Crippen LogP contribution in [-0.2, 0) is 4.74 Å². The number of carbonyl (C=O) groups is 1. The Morgan fingerprint density at radius 3 is 2.48 bits per heavy atom. The molecular weight excluding hydrogens is 398 g/mol. The molecule has 0 aliphatic rings. The highest BCUT2D eigenvalue weighted by Gasteiger charge is 2.19. The van der Waals surface area contributed by atoms with Crippen LogP contribution in [0.1, 0.15) is 50.4 Å². The molecule has 0 radical (unpaired) electrons. The van der Waals surface area contributed by atoms with Gasteiger partial charge in [-0.2, -0.15) is 0 Å². The number of halogens is 2. The molecule has 0 aromatic heterocycles. The number of benzene rings is 1. The van der Waals surface area contributed by atoms with Gasteiger partial charge in [0.15, 0.2) is 0 Å². The Morgan fingerprint density at radius 2 is 1.95 bits per heavy atom. The van der Waals surface area contributed by atoms with Crippen LogP contribution < -0.4 is 5.32 Å². The minimum absolute atomic E-state index is 0.334. The van der Waals surface area contributed by atoms with Gasteiger partial charge in [-0.25, -0.2) is 4.79 Å². The first-order valence-electron chi connectivity index (χ1n) is 7.26. The summed E-state index contributed by atoms with van der Waals surface area (Å²) in [6.45, 7) is 6.61. The lowest BCUT2D eigenvalue weighted by atomic mass is 9.97. The molecule has 0 spiro atoms. The van der Waals surface area contributed by atoms with Crippen molar-refractivity contribution in [3.8, 4) is 0 Å². The molecule has 0 saturated heterocycles. The van der Waals surface area contributed by atoms with E-state index in [0.717, 1.165) is 33.9 Å². The number of anilines is 1. The van der Waals surface area contributed by atoms with Gasteiger partial charge in [-0.15, -0.1) is 0 Å². The number of hydrogen-bond acceptors (Lipinski definition) is 3. The van der Waals surface area contributed by atoms with Crippen LogP contribution in [-0.4, -0.2) is 19.1 Å². The predicted octanol–water partition coefficient (Wildman–Crippen LogP) is 5.62. The Bertz CT molecular complexity index is 491. The van der Waals surface area contributed by atoms with Crippen molar-refractivity contribution >= 4 is 43.5 Å². The van der Waals surface area contributed by atoms with Crippen LogP contribution in [0.25, 0.3) is 0 Å².